The van der Waals surface area contributed by atoms with Crippen molar-refractivity contribution in [2.45, 2.75) is 6.54 Å². The molecular weight excluding hydrogens is 417 g/mol. The second-order valence-corrected chi connectivity index (χ2v) is 4.55. The predicted octanol–water partition coefficient (Wildman–Crippen LogP) is 2.86. The highest BCUT2D eigenvalue weighted by Gasteiger charge is 2.09. The van der Waals surface area contributed by atoms with Gasteiger partial charge < -0.3 is 15.2 Å². The van der Waals surface area contributed by atoms with Crippen molar-refractivity contribution >= 4 is 41.5 Å². The molecule has 0 bridgehead atoms. The molecule has 0 saturated heterocycles. The average Bonchev–Trinajstić information content (AvgIpc) is 2.96. The Balaban J connectivity index is 0.00000242. The molecule has 0 unspecified atom stereocenters. The molecule has 2 rings (SSSR count). The van der Waals surface area contributed by atoms with Crippen LogP contribution < -0.4 is 10.6 Å². The molecule has 8 heteroatoms. The lowest BCUT2D eigenvalue weighted by Gasteiger charge is -2.07. The Morgan fingerprint density at radius 3 is 2.95 bits per heavy atom. The van der Waals surface area contributed by atoms with E-state index in [0.717, 1.165) is 5.56 Å². The summed E-state index contributed by atoms with van der Waals surface area (Å²) in [5, 5.41) is 10.7. The van der Waals surface area contributed by atoms with Gasteiger partial charge in [-0.2, -0.15) is 4.98 Å². The summed E-state index contributed by atoms with van der Waals surface area (Å²) < 4.78 is 5.19. The first kappa shape index (κ1) is 18.4. The monoisotopic (exact) mass is 433 g/mol. The standard InChI is InChI=1S/C14H16ClN5O.HI/c1-3-7-17-14(16-2)18-9-12-19-13(20-21-12)10-5-4-6-11(15)8-10;/h3-6,8H,1,7,9H2,2H3,(H2,16,17,18);1H. The molecule has 6 nitrogen and oxygen atoms in total. The first-order chi connectivity index (χ1) is 10.2. The van der Waals surface area contributed by atoms with Crippen LogP contribution in [0.2, 0.25) is 5.02 Å². The Morgan fingerprint density at radius 1 is 1.45 bits per heavy atom. The first-order valence-corrected chi connectivity index (χ1v) is 6.74. The number of halogens is 2. The number of hydrogen-bond donors (Lipinski definition) is 2. The molecule has 0 spiro atoms. The Kier molecular flexibility index (Phi) is 7.89. The molecule has 0 fully saturated rings. The Hall–Kier alpha value is -1.61. The fourth-order valence-electron chi connectivity index (χ4n) is 1.62. The van der Waals surface area contributed by atoms with Gasteiger partial charge >= 0.3 is 0 Å². The van der Waals surface area contributed by atoms with Crippen molar-refractivity contribution in [1.29, 1.82) is 0 Å². The van der Waals surface area contributed by atoms with Crippen LogP contribution in [0.4, 0.5) is 0 Å². The van der Waals surface area contributed by atoms with Crippen LogP contribution in [0.3, 0.4) is 0 Å². The summed E-state index contributed by atoms with van der Waals surface area (Å²) in [5.74, 6) is 1.60. The van der Waals surface area contributed by atoms with Crippen molar-refractivity contribution in [1.82, 2.24) is 20.8 Å². The zero-order valence-electron chi connectivity index (χ0n) is 12.0. The van der Waals surface area contributed by atoms with Gasteiger partial charge in [-0.25, -0.2) is 0 Å². The van der Waals surface area contributed by atoms with Crippen molar-refractivity contribution in [3.8, 4) is 11.4 Å². The molecule has 0 aliphatic rings. The lowest BCUT2D eigenvalue weighted by atomic mass is 10.2. The van der Waals surface area contributed by atoms with Crippen molar-refractivity contribution in [2.24, 2.45) is 4.99 Å². The van der Waals surface area contributed by atoms with Crippen molar-refractivity contribution < 1.29 is 4.52 Å². The van der Waals surface area contributed by atoms with Crippen LogP contribution in [-0.2, 0) is 6.54 Å². The zero-order chi connectivity index (χ0) is 15.1. The van der Waals surface area contributed by atoms with E-state index in [2.05, 4.69) is 32.3 Å². The highest BCUT2D eigenvalue weighted by Crippen LogP contribution is 2.19. The van der Waals surface area contributed by atoms with E-state index < -0.39 is 0 Å². The Morgan fingerprint density at radius 2 is 2.27 bits per heavy atom. The van der Waals surface area contributed by atoms with Gasteiger partial charge in [-0.15, -0.1) is 30.6 Å². The lowest BCUT2D eigenvalue weighted by molar-refractivity contribution is 0.375. The maximum Gasteiger partial charge on any atom is 0.246 e. The number of rotatable bonds is 5. The molecule has 1 aromatic carbocycles. The number of guanidine groups is 1. The van der Waals surface area contributed by atoms with E-state index in [9.17, 15) is 0 Å². The molecule has 1 heterocycles. The van der Waals surface area contributed by atoms with Gasteiger partial charge in [0.05, 0.1) is 6.54 Å². The van der Waals surface area contributed by atoms with Crippen LogP contribution in [-0.4, -0.2) is 29.7 Å². The van der Waals surface area contributed by atoms with Gasteiger partial charge in [-0.3, -0.25) is 4.99 Å². The summed E-state index contributed by atoms with van der Waals surface area (Å²) in [5.41, 5.74) is 0.812. The van der Waals surface area contributed by atoms with Crippen LogP contribution in [0.1, 0.15) is 5.89 Å². The van der Waals surface area contributed by atoms with E-state index in [4.69, 9.17) is 16.1 Å². The molecule has 0 aliphatic carbocycles. The predicted molar refractivity (Wildman–Crippen MR) is 98.6 cm³/mol. The maximum absolute atomic E-state index is 5.94. The Bertz CT molecular complexity index is 644. The van der Waals surface area contributed by atoms with E-state index in [0.29, 0.717) is 35.8 Å². The highest BCUT2D eigenvalue weighted by molar-refractivity contribution is 14.0. The fourth-order valence-corrected chi connectivity index (χ4v) is 1.81. The van der Waals surface area contributed by atoms with Crippen LogP contribution in [0.5, 0.6) is 0 Å². The summed E-state index contributed by atoms with van der Waals surface area (Å²) in [4.78, 5) is 8.36. The molecular formula is C14H17ClIN5O. The zero-order valence-corrected chi connectivity index (χ0v) is 15.1. The molecule has 118 valence electrons. The normalized spacial score (nSPS) is 10.7. The summed E-state index contributed by atoms with van der Waals surface area (Å²) >= 11 is 5.94. The summed E-state index contributed by atoms with van der Waals surface area (Å²) in [6, 6.07) is 7.29. The summed E-state index contributed by atoms with van der Waals surface area (Å²) in [6.45, 7) is 4.63. The minimum absolute atomic E-state index is 0. The van der Waals surface area contributed by atoms with Gasteiger partial charge in [0, 0.05) is 24.2 Å². The second kappa shape index (κ2) is 9.42. The second-order valence-electron chi connectivity index (χ2n) is 4.12. The van der Waals surface area contributed by atoms with Crippen molar-refractivity contribution in [2.75, 3.05) is 13.6 Å². The molecule has 1 aromatic heterocycles. The van der Waals surface area contributed by atoms with Gasteiger partial charge in [-0.05, 0) is 12.1 Å². The minimum atomic E-state index is 0. The fraction of sp³-hybridized carbons (Fsp3) is 0.214. The van der Waals surface area contributed by atoms with Crippen LogP contribution in [0.15, 0.2) is 46.4 Å². The van der Waals surface area contributed by atoms with Crippen molar-refractivity contribution in [3.05, 3.63) is 47.8 Å². The van der Waals surface area contributed by atoms with Gasteiger partial charge in [0.2, 0.25) is 11.7 Å². The highest BCUT2D eigenvalue weighted by atomic mass is 127. The van der Waals surface area contributed by atoms with E-state index in [1.807, 2.05) is 12.1 Å². The van der Waals surface area contributed by atoms with E-state index in [1.54, 1.807) is 25.3 Å². The van der Waals surface area contributed by atoms with Crippen LogP contribution in [0, 0.1) is 0 Å². The molecule has 2 aromatic rings. The number of aromatic nitrogens is 2. The third-order valence-corrected chi connectivity index (χ3v) is 2.83. The molecule has 0 amide bonds. The van der Waals surface area contributed by atoms with Gasteiger partial charge in [0.1, 0.15) is 0 Å². The largest absolute Gasteiger partial charge is 0.353 e. The van der Waals surface area contributed by atoms with E-state index in [-0.39, 0.29) is 24.0 Å². The number of nitrogens with zero attached hydrogens (tertiary/aromatic N) is 3. The number of nitrogens with one attached hydrogen (secondary N) is 2. The maximum atomic E-state index is 5.94. The molecule has 2 N–H and O–H groups in total. The number of hydrogen-bond acceptors (Lipinski definition) is 4. The molecule has 0 radical (unpaired) electrons. The summed E-state index contributed by atoms with van der Waals surface area (Å²) in [6.07, 6.45) is 1.75. The SMILES string of the molecule is C=CCNC(=NC)NCc1nc(-c2cccc(Cl)c2)no1.I. The van der Waals surface area contributed by atoms with Crippen LogP contribution in [0.25, 0.3) is 11.4 Å². The minimum Gasteiger partial charge on any atom is -0.353 e. The van der Waals surface area contributed by atoms with E-state index >= 15 is 0 Å². The molecule has 22 heavy (non-hydrogen) atoms. The van der Waals surface area contributed by atoms with Crippen LogP contribution >= 0.6 is 35.6 Å². The molecule has 0 saturated carbocycles. The topological polar surface area (TPSA) is 75.3 Å². The third-order valence-electron chi connectivity index (χ3n) is 2.60. The summed E-state index contributed by atoms with van der Waals surface area (Å²) in [7, 11) is 1.68. The average molecular weight is 434 g/mol. The Labute approximate surface area is 151 Å². The number of aliphatic imine (C=N–C) groups is 1. The lowest BCUT2D eigenvalue weighted by Crippen LogP contribution is -2.36. The van der Waals surface area contributed by atoms with E-state index in [1.165, 1.54) is 0 Å². The smallest absolute Gasteiger partial charge is 0.246 e. The van der Waals surface area contributed by atoms with Gasteiger partial charge in [0.15, 0.2) is 5.96 Å². The third kappa shape index (κ3) is 5.30. The van der Waals surface area contributed by atoms with Gasteiger partial charge in [-0.1, -0.05) is 35.0 Å². The molecule has 0 atom stereocenters. The van der Waals surface area contributed by atoms with Gasteiger partial charge in [0.25, 0.3) is 0 Å². The van der Waals surface area contributed by atoms with Crippen molar-refractivity contribution in [3.63, 3.8) is 0 Å². The molecule has 0 aliphatic heterocycles. The quantitative estimate of drug-likeness (QED) is 0.328. The first-order valence-electron chi connectivity index (χ1n) is 6.37. The number of benzene rings is 1.